The third kappa shape index (κ3) is 2.51. The summed E-state index contributed by atoms with van der Waals surface area (Å²) in [4.78, 5) is 22.5. The Morgan fingerprint density at radius 3 is 2.94 bits per heavy atom. The van der Waals surface area contributed by atoms with E-state index in [9.17, 15) is 4.79 Å². The van der Waals surface area contributed by atoms with Gasteiger partial charge in [0.05, 0.1) is 11.3 Å². The summed E-state index contributed by atoms with van der Waals surface area (Å²) in [6.45, 7) is 5.92. The van der Waals surface area contributed by atoms with E-state index < -0.39 is 0 Å². The van der Waals surface area contributed by atoms with Crippen LogP contribution in [-0.2, 0) is 0 Å². The van der Waals surface area contributed by atoms with E-state index in [1.165, 1.54) is 6.33 Å². The van der Waals surface area contributed by atoms with Gasteiger partial charge in [-0.05, 0) is 18.9 Å². The summed E-state index contributed by atoms with van der Waals surface area (Å²) >= 11 is 0. The molecule has 1 amide bonds. The highest BCUT2D eigenvalue weighted by atomic mass is 16.2. The largest absolute Gasteiger partial charge is 0.337 e. The van der Waals surface area contributed by atoms with Gasteiger partial charge in [-0.25, -0.2) is 9.97 Å². The van der Waals surface area contributed by atoms with Crippen molar-refractivity contribution in [3.05, 3.63) is 23.8 Å². The van der Waals surface area contributed by atoms with Gasteiger partial charge in [0.25, 0.3) is 5.91 Å². The number of nitrogens with one attached hydrogen (secondary N) is 1. The zero-order valence-corrected chi connectivity index (χ0v) is 11.2. The lowest BCUT2D eigenvalue weighted by Crippen LogP contribution is -2.39. The van der Waals surface area contributed by atoms with Crippen LogP contribution in [0.5, 0.6) is 0 Å². The Morgan fingerprint density at radius 2 is 2.33 bits per heavy atom. The molecule has 0 saturated carbocycles. The molecule has 0 bridgehead atoms. The van der Waals surface area contributed by atoms with Crippen molar-refractivity contribution in [2.75, 3.05) is 20.1 Å². The van der Waals surface area contributed by atoms with Crippen LogP contribution in [0.2, 0.25) is 0 Å². The molecule has 1 N–H and O–H groups in total. The van der Waals surface area contributed by atoms with Crippen LogP contribution in [0.4, 0.5) is 0 Å². The molecule has 1 atom stereocenters. The van der Waals surface area contributed by atoms with Crippen molar-refractivity contribution >= 4 is 5.91 Å². The molecule has 2 rings (SSSR count). The summed E-state index contributed by atoms with van der Waals surface area (Å²) in [6.07, 6.45) is 4.14. The first-order valence-corrected chi connectivity index (χ1v) is 6.39. The molecule has 0 radical (unpaired) electrons. The quantitative estimate of drug-likeness (QED) is 0.868. The van der Waals surface area contributed by atoms with Gasteiger partial charge < -0.3 is 10.2 Å². The molecular weight excluding hydrogens is 228 g/mol. The number of likely N-dealkylation sites (N-methyl/N-ethyl adjacent to an activating group) is 1. The number of carbonyl (C=O) groups is 1. The van der Waals surface area contributed by atoms with Gasteiger partial charge >= 0.3 is 0 Å². The molecule has 1 fully saturated rings. The molecule has 1 saturated heterocycles. The second-order valence-corrected chi connectivity index (χ2v) is 5.04. The lowest BCUT2D eigenvalue weighted by molar-refractivity contribution is 0.0741. The van der Waals surface area contributed by atoms with E-state index in [1.54, 1.807) is 6.20 Å². The lowest BCUT2D eigenvalue weighted by Gasteiger charge is -2.24. The van der Waals surface area contributed by atoms with Crippen molar-refractivity contribution in [3.63, 3.8) is 0 Å². The standard InChI is InChI=1S/C13H20N4O/c1-9(2)12-11(7-15-8-16-12)13(18)17(3)10-4-5-14-6-10/h7-10,14H,4-6H2,1-3H3/t10-/m0/s1. The van der Waals surface area contributed by atoms with Gasteiger partial charge in [0.2, 0.25) is 0 Å². The molecule has 0 spiro atoms. The number of nitrogens with zero attached hydrogens (tertiary/aromatic N) is 3. The van der Waals surface area contributed by atoms with Gasteiger partial charge in [-0.1, -0.05) is 13.8 Å². The number of hydrogen-bond donors (Lipinski definition) is 1. The monoisotopic (exact) mass is 248 g/mol. The summed E-state index contributed by atoms with van der Waals surface area (Å²) in [7, 11) is 1.86. The van der Waals surface area contributed by atoms with Crippen LogP contribution in [0.15, 0.2) is 12.5 Å². The molecule has 1 aliphatic rings. The Kier molecular flexibility index (Phi) is 3.91. The van der Waals surface area contributed by atoms with Crippen molar-refractivity contribution in [2.45, 2.75) is 32.2 Å². The SMILES string of the molecule is CC(C)c1ncncc1C(=O)N(C)[C@H]1CCNC1. The summed E-state index contributed by atoms with van der Waals surface area (Å²) in [5, 5.41) is 3.27. The number of rotatable bonds is 3. The molecule has 0 aliphatic carbocycles. The molecule has 0 unspecified atom stereocenters. The van der Waals surface area contributed by atoms with Crippen LogP contribution in [0.1, 0.15) is 42.2 Å². The fourth-order valence-electron chi connectivity index (χ4n) is 2.29. The number of carbonyl (C=O) groups excluding carboxylic acids is 1. The van der Waals surface area contributed by atoms with Gasteiger partial charge in [-0.2, -0.15) is 0 Å². The van der Waals surface area contributed by atoms with Gasteiger partial charge in [0.15, 0.2) is 0 Å². The average molecular weight is 248 g/mol. The van der Waals surface area contributed by atoms with Gasteiger partial charge in [0.1, 0.15) is 6.33 Å². The van der Waals surface area contributed by atoms with E-state index in [0.717, 1.165) is 25.2 Å². The predicted molar refractivity (Wildman–Crippen MR) is 69.5 cm³/mol. The molecule has 98 valence electrons. The van der Waals surface area contributed by atoms with Crippen LogP contribution < -0.4 is 5.32 Å². The average Bonchev–Trinajstić information content (AvgIpc) is 2.90. The van der Waals surface area contributed by atoms with Crippen LogP contribution in [0.25, 0.3) is 0 Å². The summed E-state index contributed by atoms with van der Waals surface area (Å²) in [6, 6.07) is 0.276. The van der Waals surface area contributed by atoms with Crippen molar-refractivity contribution in [2.24, 2.45) is 0 Å². The maximum absolute atomic E-state index is 12.5. The Bertz CT molecular complexity index is 427. The number of hydrogen-bond acceptors (Lipinski definition) is 4. The van der Waals surface area contributed by atoms with Gasteiger partial charge in [-0.3, -0.25) is 4.79 Å². The van der Waals surface area contributed by atoms with Gasteiger partial charge in [-0.15, -0.1) is 0 Å². The summed E-state index contributed by atoms with van der Waals surface area (Å²) in [5.74, 6) is 0.245. The van der Waals surface area contributed by atoms with Crippen LogP contribution >= 0.6 is 0 Å². The van der Waals surface area contributed by atoms with Crippen LogP contribution in [-0.4, -0.2) is 47.0 Å². The summed E-state index contributed by atoms with van der Waals surface area (Å²) < 4.78 is 0. The molecule has 0 aromatic carbocycles. The van der Waals surface area contributed by atoms with E-state index in [4.69, 9.17) is 0 Å². The normalized spacial score (nSPS) is 19.2. The molecule has 2 heterocycles. The van der Waals surface area contributed by atoms with Crippen molar-refractivity contribution in [3.8, 4) is 0 Å². The Hall–Kier alpha value is -1.49. The third-order valence-corrected chi connectivity index (χ3v) is 3.42. The maximum Gasteiger partial charge on any atom is 0.257 e. The van der Waals surface area contributed by atoms with E-state index in [1.807, 2.05) is 25.8 Å². The van der Waals surface area contributed by atoms with E-state index in [2.05, 4.69) is 15.3 Å². The van der Waals surface area contributed by atoms with Crippen molar-refractivity contribution < 1.29 is 4.79 Å². The molecule has 18 heavy (non-hydrogen) atoms. The van der Waals surface area contributed by atoms with Gasteiger partial charge in [0, 0.05) is 25.8 Å². The zero-order valence-electron chi connectivity index (χ0n) is 11.2. The Morgan fingerprint density at radius 1 is 1.56 bits per heavy atom. The minimum Gasteiger partial charge on any atom is -0.337 e. The fraction of sp³-hybridized carbons (Fsp3) is 0.615. The molecule has 1 aliphatic heterocycles. The maximum atomic E-state index is 12.5. The van der Waals surface area contributed by atoms with E-state index in [-0.39, 0.29) is 17.9 Å². The smallest absolute Gasteiger partial charge is 0.257 e. The van der Waals surface area contributed by atoms with Crippen molar-refractivity contribution in [1.29, 1.82) is 0 Å². The second kappa shape index (κ2) is 5.44. The first kappa shape index (κ1) is 13.0. The highest BCUT2D eigenvalue weighted by molar-refractivity contribution is 5.95. The Balaban J connectivity index is 2.22. The Labute approximate surface area is 108 Å². The fourth-order valence-corrected chi connectivity index (χ4v) is 2.29. The topological polar surface area (TPSA) is 58.1 Å². The third-order valence-electron chi connectivity index (χ3n) is 3.42. The molecule has 5 heteroatoms. The van der Waals surface area contributed by atoms with E-state index >= 15 is 0 Å². The van der Waals surface area contributed by atoms with Crippen LogP contribution in [0.3, 0.4) is 0 Å². The number of amides is 1. The lowest BCUT2D eigenvalue weighted by atomic mass is 10.0. The summed E-state index contributed by atoms with van der Waals surface area (Å²) in [5.41, 5.74) is 1.45. The van der Waals surface area contributed by atoms with E-state index in [0.29, 0.717) is 5.56 Å². The molecular formula is C13H20N4O. The minimum atomic E-state index is 0.0213. The van der Waals surface area contributed by atoms with Crippen molar-refractivity contribution in [1.82, 2.24) is 20.2 Å². The molecule has 1 aromatic rings. The first-order chi connectivity index (χ1) is 8.61. The molecule has 5 nitrogen and oxygen atoms in total. The second-order valence-electron chi connectivity index (χ2n) is 5.04. The highest BCUT2D eigenvalue weighted by Gasteiger charge is 2.26. The highest BCUT2D eigenvalue weighted by Crippen LogP contribution is 2.18. The first-order valence-electron chi connectivity index (χ1n) is 6.39. The van der Waals surface area contributed by atoms with Crippen LogP contribution in [0, 0.1) is 0 Å². The molecule has 1 aromatic heterocycles. The number of aromatic nitrogens is 2. The predicted octanol–water partition coefficient (Wildman–Crippen LogP) is 1.03. The minimum absolute atomic E-state index is 0.0213. The zero-order chi connectivity index (χ0) is 13.1.